The summed E-state index contributed by atoms with van der Waals surface area (Å²) >= 11 is 0. The zero-order chi connectivity index (χ0) is 17.2. The molecule has 0 spiro atoms. The van der Waals surface area contributed by atoms with E-state index in [0.29, 0.717) is 51.1 Å². The van der Waals surface area contributed by atoms with E-state index in [1.165, 1.54) is 6.07 Å². The van der Waals surface area contributed by atoms with Crippen molar-refractivity contribution in [2.75, 3.05) is 26.3 Å². The van der Waals surface area contributed by atoms with Crippen LogP contribution in [0.2, 0.25) is 0 Å². The molecule has 2 heterocycles. The number of nitrogens with one attached hydrogen (secondary N) is 1. The van der Waals surface area contributed by atoms with Crippen LogP contribution in [0.15, 0.2) is 18.2 Å². The third-order valence-corrected chi connectivity index (χ3v) is 4.91. The predicted octanol–water partition coefficient (Wildman–Crippen LogP) is 1.13. The molecule has 3 rings (SSSR count). The Balaban J connectivity index is 1.65. The van der Waals surface area contributed by atoms with E-state index in [1.54, 1.807) is 6.07 Å². The first-order valence-corrected chi connectivity index (χ1v) is 8.23. The van der Waals surface area contributed by atoms with Crippen molar-refractivity contribution in [1.29, 1.82) is 0 Å². The van der Waals surface area contributed by atoms with Gasteiger partial charge < -0.3 is 20.4 Å². The van der Waals surface area contributed by atoms with E-state index in [0.717, 1.165) is 11.3 Å². The molecular formula is C17H23FN4O2. The smallest absolute Gasteiger partial charge is 0.227 e. The van der Waals surface area contributed by atoms with Crippen LogP contribution in [0, 0.1) is 11.2 Å². The van der Waals surface area contributed by atoms with Gasteiger partial charge in [-0.05, 0) is 25.0 Å². The van der Waals surface area contributed by atoms with E-state index in [2.05, 4.69) is 10.3 Å². The second kappa shape index (κ2) is 6.86. The number of hydrogen-bond acceptors (Lipinski definition) is 4. The molecule has 0 atom stereocenters. The van der Waals surface area contributed by atoms with Crippen LogP contribution in [0.1, 0.15) is 18.7 Å². The number of hydrogen-bond donors (Lipinski definition) is 2. The van der Waals surface area contributed by atoms with Gasteiger partial charge in [0.05, 0.1) is 10.9 Å². The van der Waals surface area contributed by atoms with Crippen LogP contribution in [0.4, 0.5) is 4.39 Å². The maximum absolute atomic E-state index is 13.8. The third kappa shape index (κ3) is 3.01. The van der Waals surface area contributed by atoms with Gasteiger partial charge in [-0.1, -0.05) is 6.07 Å². The molecule has 0 unspecified atom stereocenters. The van der Waals surface area contributed by atoms with Crippen molar-refractivity contribution in [2.45, 2.75) is 19.3 Å². The van der Waals surface area contributed by atoms with Gasteiger partial charge in [-0.2, -0.15) is 0 Å². The monoisotopic (exact) mass is 334 g/mol. The van der Waals surface area contributed by atoms with Crippen molar-refractivity contribution in [3.8, 4) is 0 Å². The molecule has 2 aromatic rings. The van der Waals surface area contributed by atoms with Crippen molar-refractivity contribution in [2.24, 2.45) is 18.2 Å². The molecule has 0 aliphatic carbocycles. The minimum absolute atomic E-state index is 0.0294. The number of amides is 1. The lowest BCUT2D eigenvalue weighted by molar-refractivity contribution is -0.135. The van der Waals surface area contributed by atoms with Gasteiger partial charge in [0.2, 0.25) is 5.91 Å². The third-order valence-electron chi connectivity index (χ3n) is 4.91. The summed E-state index contributed by atoms with van der Waals surface area (Å²) in [5.41, 5.74) is 6.42. The summed E-state index contributed by atoms with van der Waals surface area (Å²) in [5, 5.41) is 2.96. The van der Waals surface area contributed by atoms with Crippen LogP contribution in [0.25, 0.3) is 11.0 Å². The van der Waals surface area contributed by atoms with E-state index < -0.39 is 5.41 Å². The summed E-state index contributed by atoms with van der Waals surface area (Å²) in [6.07, 6.45) is 1.83. The van der Waals surface area contributed by atoms with Crippen molar-refractivity contribution in [1.82, 2.24) is 14.9 Å². The Bertz CT molecular complexity index is 738. The molecule has 1 aliphatic heterocycles. The second-order valence-corrected chi connectivity index (χ2v) is 6.30. The number of para-hydroxylation sites is 1. The molecule has 6 nitrogen and oxygen atoms in total. The molecule has 0 bridgehead atoms. The summed E-state index contributed by atoms with van der Waals surface area (Å²) in [6, 6.07) is 4.90. The largest absolute Gasteiger partial charge is 0.381 e. The lowest BCUT2D eigenvalue weighted by Gasteiger charge is -2.34. The van der Waals surface area contributed by atoms with Gasteiger partial charge in [0.1, 0.15) is 11.3 Å². The first-order chi connectivity index (χ1) is 11.6. The van der Waals surface area contributed by atoms with Gasteiger partial charge in [-0.25, -0.2) is 9.37 Å². The van der Waals surface area contributed by atoms with Gasteiger partial charge >= 0.3 is 0 Å². The highest BCUT2D eigenvalue weighted by molar-refractivity contribution is 5.83. The molecule has 1 aromatic heterocycles. The number of nitrogens with two attached hydrogens (primary N) is 1. The number of carbonyl (C=O) groups excluding carboxylic acids is 1. The maximum atomic E-state index is 13.8. The molecule has 130 valence electrons. The van der Waals surface area contributed by atoms with E-state index in [9.17, 15) is 9.18 Å². The number of benzene rings is 1. The molecule has 24 heavy (non-hydrogen) atoms. The van der Waals surface area contributed by atoms with Gasteiger partial charge in [-0.3, -0.25) is 4.79 Å². The SMILES string of the molecule is Cn1c(CCNC(=O)C2(CN)CCOCC2)nc2c(F)cccc21. The molecule has 3 N–H and O–H groups in total. The molecule has 0 radical (unpaired) electrons. The van der Waals surface area contributed by atoms with Crippen LogP contribution in [0.5, 0.6) is 0 Å². The van der Waals surface area contributed by atoms with Gasteiger partial charge in [0.25, 0.3) is 0 Å². The van der Waals surface area contributed by atoms with Gasteiger partial charge in [-0.15, -0.1) is 0 Å². The number of carbonyl (C=O) groups is 1. The van der Waals surface area contributed by atoms with Crippen molar-refractivity contribution in [3.05, 3.63) is 29.8 Å². The number of imidazole rings is 1. The average Bonchev–Trinajstić information content (AvgIpc) is 2.93. The number of ether oxygens (including phenoxy) is 1. The highest BCUT2D eigenvalue weighted by atomic mass is 19.1. The Morgan fingerprint density at radius 3 is 2.88 bits per heavy atom. The fourth-order valence-corrected chi connectivity index (χ4v) is 3.21. The standard InChI is InChI=1S/C17H23FN4O2/c1-22-13-4-2-3-12(18)15(13)21-14(22)5-8-20-16(23)17(11-19)6-9-24-10-7-17/h2-4H,5-11,19H2,1H3,(H,20,23). The van der Waals surface area contributed by atoms with Crippen LogP contribution < -0.4 is 11.1 Å². The van der Waals surface area contributed by atoms with Crippen LogP contribution in [0.3, 0.4) is 0 Å². The molecule has 7 heteroatoms. The number of nitrogens with zero attached hydrogens (tertiary/aromatic N) is 2. The Morgan fingerprint density at radius 2 is 2.21 bits per heavy atom. The van der Waals surface area contributed by atoms with Crippen molar-refractivity contribution >= 4 is 16.9 Å². The summed E-state index contributed by atoms with van der Waals surface area (Å²) < 4.78 is 21.0. The zero-order valence-corrected chi connectivity index (χ0v) is 13.8. The van der Waals surface area contributed by atoms with Crippen LogP contribution in [-0.2, 0) is 23.0 Å². The Morgan fingerprint density at radius 1 is 1.46 bits per heavy atom. The molecule has 1 amide bonds. The van der Waals surface area contributed by atoms with Crippen LogP contribution in [-0.4, -0.2) is 41.8 Å². The lowest BCUT2D eigenvalue weighted by atomic mass is 9.79. The van der Waals surface area contributed by atoms with Crippen molar-refractivity contribution in [3.63, 3.8) is 0 Å². The lowest BCUT2D eigenvalue weighted by Crippen LogP contribution is -2.49. The highest BCUT2D eigenvalue weighted by Gasteiger charge is 2.38. The van der Waals surface area contributed by atoms with E-state index >= 15 is 0 Å². The number of fused-ring (bicyclic) bond motifs is 1. The molecular weight excluding hydrogens is 311 g/mol. The number of aryl methyl sites for hydroxylation is 1. The van der Waals surface area contributed by atoms with Gasteiger partial charge in [0, 0.05) is 39.8 Å². The predicted molar refractivity (Wildman–Crippen MR) is 88.9 cm³/mol. The van der Waals surface area contributed by atoms with E-state index in [4.69, 9.17) is 10.5 Å². The summed E-state index contributed by atoms with van der Waals surface area (Å²) in [7, 11) is 1.85. The Hall–Kier alpha value is -1.99. The Kier molecular flexibility index (Phi) is 4.82. The molecule has 1 saturated heterocycles. The Labute approximate surface area is 140 Å². The van der Waals surface area contributed by atoms with Gasteiger partial charge in [0.15, 0.2) is 5.82 Å². The molecule has 1 aliphatic rings. The van der Waals surface area contributed by atoms with Crippen molar-refractivity contribution < 1.29 is 13.9 Å². The van der Waals surface area contributed by atoms with E-state index in [-0.39, 0.29) is 11.7 Å². The fourth-order valence-electron chi connectivity index (χ4n) is 3.21. The molecule has 1 fully saturated rings. The van der Waals surface area contributed by atoms with E-state index in [1.807, 2.05) is 17.7 Å². The molecule has 0 saturated carbocycles. The maximum Gasteiger partial charge on any atom is 0.227 e. The second-order valence-electron chi connectivity index (χ2n) is 6.30. The minimum atomic E-state index is -0.531. The summed E-state index contributed by atoms with van der Waals surface area (Å²) in [6.45, 7) is 1.89. The summed E-state index contributed by atoms with van der Waals surface area (Å²) in [5.74, 6) is 0.380. The quantitative estimate of drug-likeness (QED) is 0.859. The van der Waals surface area contributed by atoms with Crippen LogP contribution >= 0.6 is 0 Å². The molecule has 1 aromatic carbocycles. The number of aromatic nitrogens is 2. The fraction of sp³-hybridized carbons (Fsp3) is 0.529. The zero-order valence-electron chi connectivity index (χ0n) is 13.8. The number of rotatable bonds is 5. The number of halogens is 1. The summed E-state index contributed by atoms with van der Waals surface area (Å²) in [4.78, 5) is 16.9. The minimum Gasteiger partial charge on any atom is -0.381 e. The first-order valence-electron chi connectivity index (χ1n) is 8.23. The average molecular weight is 334 g/mol. The normalized spacial score (nSPS) is 17.1. The highest BCUT2D eigenvalue weighted by Crippen LogP contribution is 2.29. The topological polar surface area (TPSA) is 82.2 Å². The first kappa shape index (κ1) is 16.9.